The van der Waals surface area contributed by atoms with Gasteiger partial charge < -0.3 is 10.1 Å². The molecular weight excluding hydrogens is 230 g/mol. The number of nitrogens with zero attached hydrogens (tertiary/aromatic N) is 1. The van der Waals surface area contributed by atoms with E-state index < -0.39 is 0 Å². The topological polar surface area (TPSA) is 55.4 Å². The summed E-state index contributed by atoms with van der Waals surface area (Å²) in [5, 5.41) is 3.79. The smallest absolute Gasteiger partial charge is 0.131 e. The number of halogens is 1. The molecular formula is C10H14ClN3O2. The summed E-state index contributed by atoms with van der Waals surface area (Å²) >= 11 is 5.85. The zero-order valence-electron chi connectivity index (χ0n) is 9.00. The maximum atomic E-state index is 5.85. The maximum Gasteiger partial charge on any atom is 0.131 e. The normalized spacial score (nSPS) is 19.8. The van der Waals surface area contributed by atoms with E-state index in [0.29, 0.717) is 17.8 Å². The summed E-state index contributed by atoms with van der Waals surface area (Å²) in [6, 6.07) is 2.08. The maximum absolute atomic E-state index is 5.85. The lowest BCUT2D eigenvalue weighted by Crippen LogP contribution is -2.20. The van der Waals surface area contributed by atoms with Gasteiger partial charge in [-0.15, -0.1) is 0 Å². The van der Waals surface area contributed by atoms with E-state index in [0.717, 1.165) is 24.4 Å². The summed E-state index contributed by atoms with van der Waals surface area (Å²) in [6.07, 6.45) is 2.62. The Bertz CT molecular complexity index is 356. The minimum atomic E-state index is 0.316. The van der Waals surface area contributed by atoms with Crippen molar-refractivity contribution in [2.75, 3.05) is 31.1 Å². The zero-order valence-corrected chi connectivity index (χ0v) is 9.75. The van der Waals surface area contributed by atoms with Gasteiger partial charge in [0.05, 0.1) is 31.6 Å². The number of pyridine rings is 1. The Kier molecular flexibility index (Phi) is 3.82. The van der Waals surface area contributed by atoms with Crippen LogP contribution in [0.15, 0.2) is 12.3 Å². The average molecular weight is 244 g/mol. The Morgan fingerprint density at radius 2 is 2.44 bits per heavy atom. The lowest BCUT2D eigenvalue weighted by molar-refractivity contribution is 0.195. The van der Waals surface area contributed by atoms with Gasteiger partial charge in [0, 0.05) is 12.7 Å². The van der Waals surface area contributed by atoms with Crippen LogP contribution < -0.4 is 10.8 Å². The summed E-state index contributed by atoms with van der Waals surface area (Å²) in [5.41, 5.74) is 4.39. The highest BCUT2D eigenvalue weighted by Crippen LogP contribution is 2.25. The summed E-state index contributed by atoms with van der Waals surface area (Å²) < 4.78 is 5.30. The van der Waals surface area contributed by atoms with Crippen LogP contribution in [0.2, 0.25) is 5.15 Å². The molecule has 2 heterocycles. The monoisotopic (exact) mass is 243 g/mol. The van der Waals surface area contributed by atoms with Gasteiger partial charge >= 0.3 is 0 Å². The molecule has 0 radical (unpaired) electrons. The molecule has 2 rings (SSSR count). The fourth-order valence-electron chi connectivity index (χ4n) is 1.61. The lowest BCUT2D eigenvalue weighted by atomic mass is 10.2. The summed E-state index contributed by atoms with van der Waals surface area (Å²) in [6.45, 7) is 1.51. The fourth-order valence-corrected chi connectivity index (χ4v) is 1.77. The second kappa shape index (κ2) is 5.34. The number of aromatic nitrogens is 1. The third-order valence-corrected chi connectivity index (χ3v) is 2.58. The van der Waals surface area contributed by atoms with Gasteiger partial charge in [0.15, 0.2) is 0 Å². The van der Waals surface area contributed by atoms with Crippen molar-refractivity contribution in [3.05, 3.63) is 17.4 Å². The first-order chi connectivity index (χ1) is 7.79. The van der Waals surface area contributed by atoms with Gasteiger partial charge in [0.1, 0.15) is 10.8 Å². The molecule has 2 N–H and O–H groups in total. The Morgan fingerprint density at radius 3 is 3.12 bits per heavy atom. The third-order valence-electron chi connectivity index (χ3n) is 2.37. The SMILES string of the molecule is CONc1cnc(Cl)cc1NC1CCOC1. The molecule has 0 saturated carbocycles. The van der Waals surface area contributed by atoms with Crippen molar-refractivity contribution in [1.82, 2.24) is 4.98 Å². The minimum Gasteiger partial charge on any atom is -0.379 e. The molecule has 16 heavy (non-hydrogen) atoms. The van der Waals surface area contributed by atoms with Crippen LogP contribution >= 0.6 is 11.6 Å². The average Bonchev–Trinajstić information content (AvgIpc) is 2.75. The predicted molar refractivity (Wildman–Crippen MR) is 62.7 cm³/mol. The van der Waals surface area contributed by atoms with Gasteiger partial charge in [-0.1, -0.05) is 11.6 Å². The molecule has 1 fully saturated rings. The second-order valence-electron chi connectivity index (χ2n) is 3.56. The molecule has 1 saturated heterocycles. The van der Waals surface area contributed by atoms with E-state index in [1.807, 2.05) is 0 Å². The van der Waals surface area contributed by atoms with Gasteiger partial charge in [-0.05, 0) is 6.42 Å². The van der Waals surface area contributed by atoms with E-state index in [9.17, 15) is 0 Å². The molecule has 0 aromatic carbocycles. The quantitative estimate of drug-likeness (QED) is 0.625. The van der Waals surface area contributed by atoms with Crippen molar-refractivity contribution in [3.63, 3.8) is 0 Å². The van der Waals surface area contributed by atoms with Crippen LogP contribution in [-0.4, -0.2) is 31.3 Å². The van der Waals surface area contributed by atoms with Gasteiger partial charge in [-0.2, -0.15) is 0 Å². The fraction of sp³-hybridized carbons (Fsp3) is 0.500. The van der Waals surface area contributed by atoms with Crippen LogP contribution in [0.25, 0.3) is 0 Å². The van der Waals surface area contributed by atoms with Gasteiger partial charge in [-0.25, -0.2) is 4.98 Å². The first-order valence-corrected chi connectivity index (χ1v) is 5.46. The first kappa shape index (κ1) is 11.4. The highest BCUT2D eigenvalue weighted by molar-refractivity contribution is 6.29. The van der Waals surface area contributed by atoms with Crippen molar-refractivity contribution in [2.45, 2.75) is 12.5 Å². The zero-order chi connectivity index (χ0) is 11.4. The van der Waals surface area contributed by atoms with E-state index >= 15 is 0 Å². The van der Waals surface area contributed by atoms with Crippen molar-refractivity contribution in [1.29, 1.82) is 0 Å². The molecule has 1 atom stereocenters. The number of hydrogen-bond acceptors (Lipinski definition) is 5. The lowest BCUT2D eigenvalue weighted by Gasteiger charge is -2.16. The number of anilines is 2. The van der Waals surface area contributed by atoms with E-state index in [-0.39, 0.29) is 0 Å². The second-order valence-corrected chi connectivity index (χ2v) is 3.95. The first-order valence-electron chi connectivity index (χ1n) is 5.08. The largest absolute Gasteiger partial charge is 0.379 e. The number of hydrogen-bond donors (Lipinski definition) is 2. The Morgan fingerprint density at radius 1 is 1.56 bits per heavy atom. The Balaban J connectivity index is 2.12. The van der Waals surface area contributed by atoms with Gasteiger partial charge in [0.2, 0.25) is 0 Å². The molecule has 0 spiro atoms. The highest BCUT2D eigenvalue weighted by atomic mass is 35.5. The molecule has 0 amide bonds. The molecule has 1 aliphatic rings. The number of nitrogens with one attached hydrogen (secondary N) is 2. The molecule has 1 aliphatic heterocycles. The van der Waals surface area contributed by atoms with Crippen molar-refractivity contribution < 1.29 is 9.57 Å². The predicted octanol–water partition coefficient (Wildman–Crippen LogP) is 1.91. The molecule has 6 heteroatoms. The van der Waals surface area contributed by atoms with E-state index in [2.05, 4.69) is 15.8 Å². The number of rotatable bonds is 4. The standard InChI is InChI=1S/C10H14ClN3O2/c1-15-14-9-5-12-10(11)4-8(9)13-7-2-3-16-6-7/h4-5,7,14H,2-3,6H2,1H3,(H,12,13). The third kappa shape index (κ3) is 2.75. The van der Waals surface area contributed by atoms with Gasteiger partial charge in [0.25, 0.3) is 0 Å². The van der Waals surface area contributed by atoms with Crippen LogP contribution in [0.1, 0.15) is 6.42 Å². The molecule has 1 aromatic rings. The van der Waals surface area contributed by atoms with Crippen molar-refractivity contribution in [2.24, 2.45) is 0 Å². The summed E-state index contributed by atoms with van der Waals surface area (Å²) in [5.74, 6) is 0. The highest BCUT2D eigenvalue weighted by Gasteiger charge is 2.16. The van der Waals surface area contributed by atoms with Crippen LogP contribution in [0, 0.1) is 0 Å². The molecule has 0 aliphatic carbocycles. The van der Waals surface area contributed by atoms with E-state index in [1.54, 1.807) is 19.4 Å². The van der Waals surface area contributed by atoms with Crippen LogP contribution in [0.3, 0.4) is 0 Å². The molecule has 5 nitrogen and oxygen atoms in total. The van der Waals surface area contributed by atoms with Gasteiger partial charge in [-0.3, -0.25) is 10.3 Å². The van der Waals surface area contributed by atoms with Crippen LogP contribution in [-0.2, 0) is 9.57 Å². The molecule has 1 aromatic heterocycles. The van der Waals surface area contributed by atoms with E-state index in [4.69, 9.17) is 21.2 Å². The van der Waals surface area contributed by atoms with Crippen LogP contribution in [0.5, 0.6) is 0 Å². The van der Waals surface area contributed by atoms with Crippen molar-refractivity contribution in [3.8, 4) is 0 Å². The minimum absolute atomic E-state index is 0.316. The van der Waals surface area contributed by atoms with E-state index in [1.165, 1.54) is 0 Å². The summed E-state index contributed by atoms with van der Waals surface area (Å²) in [4.78, 5) is 8.85. The van der Waals surface area contributed by atoms with Crippen molar-refractivity contribution >= 4 is 23.0 Å². The molecule has 0 bridgehead atoms. The summed E-state index contributed by atoms with van der Waals surface area (Å²) in [7, 11) is 1.55. The molecule has 1 unspecified atom stereocenters. The Hall–Kier alpha value is -1.04. The Labute approximate surface area is 99.1 Å². The number of ether oxygens (including phenoxy) is 1. The van der Waals surface area contributed by atoms with Crippen LogP contribution in [0.4, 0.5) is 11.4 Å². The molecule has 88 valence electrons.